The molecule has 1 atom stereocenters. The molecular weight excluding hydrogens is 190 g/mol. The van der Waals surface area contributed by atoms with Gasteiger partial charge in [0, 0.05) is 26.0 Å². The molecule has 86 valence electrons. The van der Waals surface area contributed by atoms with Crippen molar-refractivity contribution in [3.05, 3.63) is 18.2 Å². The summed E-state index contributed by atoms with van der Waals surface area (Å²) < 4.78 is 1.84. The minimum Gasteiger partial charge on any atom is -0.381 e. The number of aryl methyl sites for hydroxylation is 1. The molecule has 0 aromatic carbocycles. The van der Waals surface area contributed by atoms with Gasteiger partial charge in [0.05, 0.1) is 0 Å². The van der Waals surface area contributed by atoms with Gasteiger partial charge in [-0.15, -0.1) is 0 Å². The molecule has 0 spiro atoms. The summed E-state index contributed by atoms with van der Waals surface area (Å²) in [5, 5.41) is 13.5. The van der Waals surface area contributed by atoms with Crippen LogP contribution in [0.1, 0.15) is 26.6 Å². The average Bonchev–Trinajstić information content (AvgIpc) is 2.50. The van der Waals surface area contributed by atoms with E-state index in [-0.39, 0.29) is 0 Å². The number of aromatic nitrogens is 2. The van der Waals surface area contributed by atoms with E-state index in [0.29, 0.717) is 18.3 Å². The first-order chi connectivity index (χ1) is 6.93. The third-order valence-corrected chi connectivity index (χ3v) is 2.32. The minimum atomic E-state index is -0.910. The molecule has 1 aromatic heterocycles. The van der Waals surface area contributed by atoms with Gasteiger partial charge in [0.2, 0.25) is 0 Å². The summed E-state index contributed by atoms with van der Waals surface area (Å²) in [5.74, 6) is 1.28. The fraction of sp³-hybridized carbons (Fsp3) is 0.727. The van der Waals surface area contributed by atoms with Crippen LogP contribution in [0.5, 0.6) is 0 Å². The second kappa shape index (κ2) is 4.77. The zero-order valence-corrected chi connectivity index (χ0v) is 9.99. The van der Waals surface area contributed by atoms with E-state index in [9.17, 15) is 5.11 Å². The summed E-state index contributed by atoms with van der Waals surface area (Å²) in [4.78, 5) is 4.16. The maximum absolute atomic E-state index is 10.2. The standard InChI is InChI=1S/C11H21N3O/c1-9(2)7-12-8-11(3,15)10-13-5-6-14(10)4/h5-6,9,12,15H,7-8H2,1-4H3. The topological polar surface area (TPSA) is 50.1 Å². The second-order valence-corrected chi connectivity index (χ2v) is 4.66. The molecule has 4 heteroatoms. The first-order valence-corrected chi connectivity index (χ1v) is 5.34. The largest absolute Gasteiger partial charge is 0.381 e. The van der Waals surface area contributed by atoms with E-state index in [2.05, 4.69) is 24.1 Å². The van der Waals surface area contributed by atoms with Crippen LogP contribution in [0.2, 0.25) is 0 Å². The second-order valence-electron chi connectivity index (χ2n) is 4.66. The van der Waals surface area contributed by atoms with Crippen LogP contribution in [0.15, 0.2) is 12.4 Å². The van der Waals surface area contributed by atoms with Gasteiger partial charge in [-0.3, -0.25) is 0 Å². The van der Waals surface area contributed by atoms with Crippen LogP contribution in [-0.2, 0) is 12.6 Å². The molecule has 1 rings (SSSR count). The van der Waals surface area contributed by atoms with Crippen LogP contribution >= 0.6 is 0 Å². The van der Waals surface area contributed by atoms with Crippen LogP contribution in [0.4, 0.5) is 0 Å². The van der Waals surface area contributed by atoms with Crippen molar-refractivity contribution in [1.29, 1.82) is 0 Å². The van der Waals surface area contributed by atoms with E-state index in [0.717, 1.165) is 6.54 Å². The summed E-state index contributed by atoms with van der Waals surface area (Å²) in [6.07, 6.45) is 3.54. The Labute approximate surface area is 91.3 Å². The molecule has 0 aliphatic carbocycles. The maximum Gasteiger partial charge on any atom is 0.141 e. The van der Waals surface area contributed by atoms with Gasteiger partial charge >= 0.3 is 0 Å². The summed E-state index contributed by atoms with van der Waals surface area (Å²) in [6, 6.07) is 0. The van der Waals surface area contributed by atoms with Crippen molar-refractivity contribution in [2.24, 2.45) is 13.0 Å². The van der Waals surface area contributed by atoms with E-state index in [1.54, 1.807) is 13.1 Å². The third kappa shape index (κ3) is 3.32. The van der Waals surface area contributed by atoms with Crippen LogP contribution in [0.25, 0.3) is 0 Å². The van der Waals surface area contributed by atoms with Crippen LogP contribution in [-0.4, -0.2) is 27.7 Å². The highest BCUT2D eigenvalue weighted by Gasteiger charge is 2.26. The molecule has 0 aliphatic heterocycles. The molecule has 15 heavy (non-hydrogen) atoms. The monoisotopic (exact) mass is 211 g/mol. The molecule has 0 aliphatic rings. The molecular formula is C11H21N3O. The molecule has 0 saturated carbocycles. The smallest absolute Gasteiger partial charge is 0.141 e. The molecule has 1 unspecified atom stereocenters. The van der Waals surface area contributed by atoms with Gasteiger partial charge in [-0.1, -0.05) is 13.8 Å². The van der Waals surface area contributed by atoms with Crippen molar-refractivity contribution in [3.8, 4) is 0 Å². The van der Waals surface area contributed by atoms with E-state index < -0.39 is 5.60 Å². The molecule has 2 N–H and O–H groups in total. The van der Waals surface area contributed by atoms with Crippen molar-refractivity contribution in [2.75, 3.05) is 13.1 Å². The van der Waals surface area contributed by atoms with E-state index >= 15 is 0 Å². The number of nitrogens with zero attached hydrogens (tertiary/aromatic N) is 2. The highest BCUT2D eigenvalue weighted by Crippen LogP contribution is 2.16. The average molecular weight is 211 g/mol. The Bertz CT molecular complexity index is 305. The first kappa shape index (κ1) is 12.2. The Morgan fingerprint density at radius 3 is 2.73 bits per heavy atom. The van der Waals surface area contributed by atoms with Gasteiger partial charge in [-0.2, -0.15) is 0 Å². The third-order valence-electron chi connectivity index (χ3n) is 2.32. The number of rotatable bonds is 5. The molecule has 0 radical (unpaired) electrons. The zero-order valence-electron chi connectivity index (χ0n) is 9.99. The number of hydrogen-bond acceptors (Lipinski definition) is 3. The van der Waals surface area contributed by atoms with Gasteiger partial charge in [-0.05, 0) is 19.4 Å². The lowest BCUT2D eigenvalue weighted by atomic mass is 10.1. The van der Waals surface area contributed by atoms with Crippen molar-refractivity contribution in [2.45, 2.75) is 26.4 Å². The number of nitrogens with one attached hydrogen (secondary N) is 1. The predicted octanol–water partition coefficient (Wildman–Crippen LogP) is 0.873. The number of imidazole rings is 1. The Kier molecular flexibility index (Phi) is 3.88. The fourth-order valence-corrected chi connectivity index (χ4v) is 1.57. The predicted molar refractivity (Wildman–Crippen MR) is 60.5 cm³/mol. The minimum absolute atomic E-state index is 0.524. The lowest BCUT2D eigenvalue weighted by Crippen LogP contribution is -2.38. The molecule has 0 saturated heterocycles. The highest BCUT2D eigenvalue weighted by atomic mass is 16.3. The summed E-state index contributed by atoms with van der Waals surface area (Å²) in [7, 11) is 1.89. The first-order valence-electron chi connectivity index (χ1n) is 5.34. The molecule has 1 aromatic rings. The summed E-state index contributed by atoms with van der Waals surface area (Å²) in [6.45, 7) is 7.49. The summed E-state index contributed by atoms with van der Waals surface area (Å²) >= 11 is 0. The van der Waals surface area contributed by atoms with Gasteiger partial charge in [0.25, 0.3) is 0 Å². The highest BCUT2D eigenvalue weighted by molar-refractivity contribution is 5.03. The van der Waals surface area contributed by atoms with Crippen LogP contribution in [0.3, 0.4) is 0 Å². The van der Waals surface area contributed by atoms with Crippen molar-refractivity contribution < 1.29 is 5.11 Å². The van der Waals surface area contributed by atoms with Crippen LogP contribution in [0, 0.1) is 5.92 Å². The van der Waals surface area contributed by atoms with Crippen molar-refractivity contribution in [1.82, 2.24) is 14.9 Å². The van der Waals surface area contributed by atoms with Crippen LogP contribution < -0.4 is 5.32 Å². The Hall–Kier alpha value is -0.870. The van der Waals surface area contributed by atoms with Gasteiger partial charge in [0.1, 0.15) is 11.4 Å². The Balaban J connectivity index is 2.56. The zero-order chi connectivity index (χ0) is 11.5. The van der Waals surface area contributed by atoms with E-state index in [1.165, 1.54) is 0 Å². The lowest BCUT2D eigenvalue weighted by Gasteiger charge is -2.23. The van der Waals surface area contributed by atoms with E-state index in [4.69, 9.17) is 0 Å². The molecule has 0 amide bonds. The fourth-order valence-electron chi connectivity index (χ4n) is 1.57. The van der Waals surface area contributed by atoms with Gasteiger partial charge in [-0.25, -0.2) is 4.98 Å². The van der Waals surface area contributed by atoms with Gasteiger partial charge < -0.3 is 15.0 Å². The van der Waals surface area contributed by atoms with Crippen molar-refractivity contribution in [3.63, 3.8) is 0 Å². The molecule has 0 bridgehead atoms. The molecule has 4 nitrogen and oxygen atoms in total. The van der Waals surface area contributed by atoms with Crippen molar-refractivity contribution >= 4 is 0 Å². The normalized spacial score (nSPS) is 15.6. The molecule has 1 heterocycles. The Morgan fingerprint density at radius 2 is 2.27 bits per heavy atom. The lowest BCUT2D eigenvalue weighted by molar-refractivity contribution is 0.0445. The Morgan fingerprint density at radius 1 is 1.60 bits per heavy atom. The number of aliphatic hydroxyl groups is 1. The van der Waals surface area contributed by atoms with E-state index in [1.807, 2.05) is 17.8 Å². The SMILES string of the molecule is CC(C)CNCC(C)(O)c1nccn1C. The quantitative estimate of drug-likeness (QED) is 0.760. The number of hydrogen-bond donors (Lipinski definition) is 2. The molecule has 0 fully saturated rings. The maximum atomic E-state index is 10.2. The van der Waals surface area contributed by atoms with Gasteiger partial charge in [0.15, 0.2) is 0 Å². The summed E-state index contributed by atoms with van der Waals surface area (Å²) in [5.41, 5.74) is -0.910.